The first-order valence-electron chi connectivity index (χ1n) is 7.96. The normalized spacial score (nSPS) is 16.7. The third kappa shape index (κ3) is 6.23. The molecule has 0 saturated heterocycles. The van der Waals surface area contributed by atoms with Gasteiger partial charge in [-0.2, -0.15) is 13.2 Å². The number of ether oxygens (including phenoxy) is 1. The van der Waals surface area contributed by atoms with Crippen LogP contribution in [-0.2, 0) is 11.0 Å². The smallest absolute Gasteiger partial charge is 0.416 e. The average molecular weight is 465 g/mol. The second-order valence-electron chi connectivity index (χ2n) is 6.54. The van der Waals surface area contributed by atoms with Crippen LogP contribution >= 0.6 is 10.2 Å². The molecule has 0 saturated carbocycles. The number of hydrogen-bond donors (Lipinski definition) is 2. The lowest BCUT2D eigenvalue weighted by molar-refractivity contribution is -0.138. The van der Waals surface area contributed by atoms with Crippen molar-refractivity contribution in [3.8, 4) is 5.75 Å². The van der Waals surface area contributed by atoms with Crippen molar-refractivity contribution in [3.63, 3.8) is 0 Å². The Balaban J connectivity index is 2.12. The molecular weight excluding hydrogens is 450 g/mol. The van der Waals surface area contributed by atoms with E-state index in [9.17, 15) is 42.5 Å². The summed E-state index contributed by atoms with van der Waals surface area (Å²) in [5.41, 5.74) is -4.14. The van der Waals surface area contributed by atoms with Crippen LogP contribution < -0.4 is 10.1 Å². The van der Waals surface area contributed by atoms with Crippen molar-refractivity contribution in [2.45, 2.75) is 23.6 Å². The fourth-order valence-corrected chi connectivity index (χ4v) is 2.82. The highest BCUT2D eigenvalue weighted by Gasteiger charge is 2.65. The van der Waals surface area contributed by atoms with E-state index in [0.29, 0.717) is 12.1 Å². The summed E-state index contributed by atoms with van der Waals surface area (Å²) in [5.74, 6) is -1.66. The van der Waals surface area contributed by atoms with Gasteiger partial charge in [0.05, 0.1) is 5.56 Å². The molecule has 13 heteroatoms. The van der Waals surface area contributed by atoms with E-state index in [1.54, 1.807) is 0 Å². The fourth-order valence-electron chi connectivity index (χ4n) is 2.13. The quantitative estimate of drug-likeness (QED) is 0.505. The molecule has 1 amide bonds. The number of hydrogen-bond acceptors (Lipinski definition) is 3. The Morgan fingerprint density at radius 2 is 1.63 bits per heavy atom. The molecule has 0 bridgehead atoms. The third-order valence-electron chi connectivity index (χ3n) is 3.71. The van der Waals surface area contributed by atoms with Crippen molar-refractivity contribution in [1.82, 2.24) is 0 Å². The van der Waals surface area contributed by atoms with Gasteiger partial charge < -0.3 is 15.2 Å². The van der Waals surface area contributed by atoms with E-state index in [-0.39, 0.29) is 17.9 Å². The largest absolute Gasteiger partial charge is 0.490 e. The minimum Gasteiger partial charge on any atom is -0.490 e. The summed E-state index contributed by atoms with van der Waals surface area (Å²) in [6.45, 7) is 0.00563. The Hall–Kier alpha value is -2.54. The molecule has 2 aromatic rings. The Morgan fingerprint density at radius 1 is 1.03 bits per heavy atom. The molecule has 168 valence electrons. The molecule has 2 aromatic carbocycles. The highest BCUT2D eigenvalue weighted by molar-refractivity contribution is 8.45. The summed E-state index contributed by atoms with van der Waals surface area (Å²) in [4.78, 5) is 9.88. The monoisotopic (exact) mass is 465 g/mol. The molecule has 1 atom stereocenters. The van der Waals surface area contributed by atoms with Crippen LogP contribution in [0.2, 0.25) is 0 Å². The third-order valence-corrected chi connectivity index (χ3v) is 4.85. The molecule has 0 aliphatic heterocycles. The second kappa shape index (κ2) is 6.74. The topological polar surface area (TPSA) is 58.6 Å². The molecule has 0 aromatic heterocycles. The van der Waals surface area contributed by atoms with Crippen molar-refractivity contribution in [2.75, 3.05) is 11.9 Å². The zero-order valence-corrected chi connectivity index (χ0v) is 15.8. The van der Waals surface area contributed by atoms with Crippen molar-refractivity contribution < 1.29 is 47.2 Å². The first-order chi connectivity index (χ1) is 13.3. The fraction of sp³-hybridized carbons (Fsp3) is 0.235. The van der Waals surface area contributed by atoms with Gasteiger partial charge in [-0.15, -0.1) is 0 Å². The lowest BCUT2D eigenvalue weighted by Crippen LogP contribution is -2.45. The van der Waals surface area contributed by atoms with Crippen molar-refractivity contribution in [3.05, 3.63) is 54.1 Å². The zero-order valence-electron chi connectivity index (χ0n) is 15.0. The van der Waals surface area contributed by atoms with E-state index >= 15 is 0 Å². The molecule has 0 aliphatic rings. The Morgan fingerprint density at radius 3 is 2.20 bits per heavy atom. The molecule has 2 rings (SSSR count). The summed E-state index contributed by atoms with van der Waals surface area (Å²) < 4.78 is 107. The first kappa shape index (κ1) is 23.7. The lowest BCUT2D eigenvalue weighted by Gasteiger charge is -2.40. The molecule has 0 spiro atoms. The highest BCUT2D eigenvalue weighted by Crippen LogP contribution is 3.02. The van der Waals surface area contributed by atoms with Crippen LogP contribution in [0.3, 0.4) is 0 Å². The Labute approximate surface area is 165 Å². The van der Waals surface area contributed by atoms with Crippen LogP contribution in [0.1, 0.15) is 12.5 Å². The van der Waals surface area contributed by atoms with Crippen molar-refractivity contribution in [1.29, 1.82) is 0 Å². The molecule has 4 nitrogen and oxygen atoms in total. The summed E-state index contributed by atoms with van der Waals surface area (Å²) in [6.07, 6.45) is -4.66. The van der Waals surface area contributed by atoms with Gasteiger partial charge in [-0.1, -0.05) is 31.6 Å². The Kier molecular flexibility index (Phi) is 5.33. The highest BCUT2D eigenvalue weighted by atomic mass is 32.5. The predicted octanol–water partition coefficient (Wildman–Crippen LogP) is 6.13. The van der Waals surface area contributed by atoms with E-state index in [1.807, 2.05) is 5.32 Å². The van der Waals surface area contributed by atoms with Crippen LogP contribution in [0.25, 0.3) is 0 Å². The minimum absolute atomic E-state index is 0.00317. The maximum atomic E-state index is 12.9. The van der Waals surface area contributed by atoms with Crippen LogP contribution in [0.15, 0.2) is 53.4 Å². The van der Waals surface area contributed by atoms with Gasteiger partial charge in [0.1, 0.15) is 17.3 Å². The van der Waals surface area contributed by atoms with E-state index in [0.717, 1.165) is 31.2 Å². The Bertz CT molecular complexity index is 958. The number of alkyl halides is 3. The van der Waals surface area contributed by atoms with Crippen LogP contribution in [-0.4, -0.2) is 23.2 Å². The number of carbonyl (C=O) groups is 1. The van der Waals surface area contributed by atoms with Gasteiger partial charge in [-0.25, -0.2) is 0 Å². The number of carbonyl (C=O) groups excluding carboxylic acids is 1. The minimum atomic E-state index is -9.99. The number of halogens is 8. The maximum absolute atomic E-state index is 12.9. The number of benzene rings is 2. The van der Waals surface area contributed by atoms with Gasteiger partial charge in [0.15, 0.2) is 5.60 Å². The van der Waals surface area contributed by atoms with E-state index in [4.69, 9.17) is 4.74 Å². The summed E-state index contributed by atoms with van der Waals surface area (Å²) >= 11 is 0. The average Bonchev–Trinajstić information content (AvgIpc) is 2.58. The van der Waals surface area contributed by atoms with Crippen LogP contribution in [0, 0.1) is 0 Å². The maximum Gasteiger partial charge on any atom is 0.416 e. The van der Waals surface area contributed by atoms with Gasteiger partial charge in [0.2, 0.25) is 0 Å². The van der Waals surface area contributed by atoms with Gasteiger partial charge in [-0.3, -0.25) is 4.79 Å². The van der Waals surface area contributed by atoms with Crippen molar-refractivity contribution in [2.24, 2.45) is 0 Å². The zero-order chi connectivity index (χ0) is 23.1. The molecule has 0 fully saturated rings. The van der Waals surface area contributed by atoms with E-state index < -0.39 is 50.7 Å². The molecule has 0 aliphatic carbocycles. The molecule has 1 unspecified atom stereocenters. The first-order valence-corrected chi connectivity index (χ1v) is 9.91. The van der Waals surface area contributed by atoms with Gasteiger partial charge in [-0.05, 0) is 43.3 Å². The van der Waals surface area contributed by atoms with Gasteiger partial charge in [0, 0.05) is 5.69 Å². The summed E-state index contributed by atoms with van der Waals surface area (Å²) in [6, 6.07) is 5.19. The van der Waals surface area contributed by atoms with E-state index in [1.165, 1.54) is 0 Å². The van der Waals surface area contributed by atoms with E-state index in [2.05, 4.69) is 0 Å². The number of anilines is 1. The second-order valence-corrected chi connectivity index (χ2v) is 8.95. The number of rotatable bonds is 6. The molecule has 2 N–H and O–H groups in total. The number of amides is 1. The van der Waals surface area contributed by atoms with Gasteiger partial charge >= 0.3 is 16.4 Å². The lowest BCUT2D eigenvalue weighted by atomic mass is 10.1. The molecule has 0 radical (unpaired) electrons. The number of nitrogens with one attached hydrogen (secondary N) is 1. The van der Waals surface area contributed by atoms with Gasteiger partial charge in [0.25, 0.3) is 5.91 Å². The predicted molar refractivity (Wildman–Crippen MR) is 94.0 cm³/mol. The van der Waals surface area contributed by atoms with Crippen LogP contribution in [0.5, 0.6) is 5.75 Å². The summed E-state index contributed by atoms with van der Waals surface area (Å²) in [5, 5.41) is 12.0. The summed E-state index contributed by atoms with van der Waals surface area (Å²) in [7, 11) is -9.99. The standard InChI is InChI=1S/C17H15F8NO3S/c1-16(28,10-29-13-6-2-4-11(8-13)17(18,19)20)15(27)26-12-5-3-7-14(9-12)30(21,22,23,24)25/h2-9,28H,10H2,1H3,(H,26,27). The molecule has 0 heterocycles. The molecule has 30 heavy (non-hydrogen) atoms. The van der Waals surface area contributed by atoms with Crippen molar-refractivity contribution >= 4 is 21.8 Å². The SMILES string of the molecule is CC(O)(COc1cccc(C(F)(F)F)c1)C(=O)Nc1cccc(S(F)(F)(F)(F)F)c1. The van der Waals surface area contributed by atoms with Crippen LogP contribution in [0.4, 0.5) is 38.3 Å². The molecular formula is C17H15F8NO3S. The number of aliphatic hydroxyl groups is 1.